The van der Waals surface area contributed by atoms with Crippen LogP contribution < -0.4 is 5.32 Å². The summed E-state index contributed by atoms with van der Waals surface area (Å²) in [5, 5.41) is 2.40. The van der Waals surface area contributed by atoms with Gasteiger partial charge in [0.1, 0.15) is 11.1 Å². The van der Waals surface area contributed by atoms with Gasteiger partial charge in [-0.25, -0.2) is 9.59 Å². The van der Waals surface area contributed by atoms with Gasteiger partial charge < -0.3 is 10.1 Å². The zero-order chi connectivity index (χ0) is 12.7. The molecular formula is C10H16N2O4. The van der Waals surface area contributed by atoms with Crippen LogP contribution in [0.4, 0.5) is 9.59 Å². The van der Waals surface area contributed by atoms with E-state index in [1.807, 2.05) is 0 Å². The highest BCUT2D eigenvalue weighted by Crippen LogP contribution is 2.19. The van der Waals surface area contributed by atoms with Crippen LogP contribution in [0.25, 0.3) is 0 Å². The highest BCUT2D eigenvalue weighted by atomic mass is 16.6. The fourth-order valence-electron chi connectivity index (χ4n) is 1.22. The quantitative estimate of drug-likeness (QED) is 0.633. The van der Waals surface area contributed by atoms with Gasteiger partial charge in [-0.05, 0) is 34.6 Å². The van der Waals surface area contributed by atoms with Crippen LogP contribution in [0.15, 0.2) is 0 Å². The number of carbonyl (C=O) groups excluding carboxylic acids is 3. The van der Waals surface area contributed by atoms with Crippen LogP contribution in [0.5, 0.6) is 0 Å². The lowest BCUT2D eigenvalue weighted by Crippen LogP contribution is -2.43. The van der Waals surface area contributed by atoms with E-state index in [-0.39, 0.29) is 0 Å². The van der Waals surface area contributed by atoms with E-state index < -0.39 is 29.2 Å². The Kier molecular flexibility index (Phi) is 2.70. The van der Waals surface area contributed by atoms with E-state index >= 15 is 0 Å². The van der Waals surface area contributed by atoms with Crippen molar-refractivity contribution in [3.05, 3.63) is 0 Å². The van der Waals surface area contributed by atoms with Gasteiger partial charge in [0.05, 0.1) is 0 Å². The number of nitrogens with zero attached hydrogens (tertiary/aromatic N) is 1. The van der Waals surface area contributed by atoms with Gasteiger partial charge in [0.15, 0.2) is 0 Å². The molecule has 0 aromatic heterocycles. The summed E-state index contributed by atoms with van der Waals surface area (Å²) in [6.07, 6.45) is -0.944. The molecule has 6 nitrogen and oxygen atoms in total. The molecule has 4 amide bonds. The lowest BCUT2D eigenvalue weighted by atomic mass is 10.1. The summed E-state index contributed by atoms with van der Waals surface area (Å²) in [7, 11) is 0. The zero-order valence-corrected chi connectivity index (χ0v) is 10.1. The van der Waals surface area contributed by atoms with E-state index in [9.17, 15) is 14.4 Å². The number of hydrogen-bond donors (Lipinski definition) is 1. The first-order valence-corrected chi connectivity index (χ1v) is 4.94. The summed E-state index contributed by atoms with van der Waals surface area (Å²) in [4.78, 5) is 35.2. The lowest BCUT2D eigenvalue weighted by Gasteiger charge is -2.22. The predicted molar refractivity (Wildman–Crippen MR) is 55.7 cm³/mol. The number of carbonyl (C=O) groups is 3. The van der Waals surface area contributed by atoms with Crippen molar-refractivity contribution in [2.24, 2.45) is 0 Å². The van der Waals surface area contributed by atoms with Crippen LogP contribution in [0.1, 0.15) is 34.6 Å². The molecule has 0 spiro atoms. The largest absolute Gasteiger partial charge is 0.443 e. The number of urea groups is 1. The van der Waals surface area contributed by atoms with Crippen molar-refractivity contribution < 1.29 is 19.1 Å². The molecule has 0 bridgehead atoms. The minimum atomic E-state index is -1.06. The number of rotatable bonds is 0. The Balaban J connectivity index is 2.86. The molecule has 90 valence electrons. The van der Waals surface area contributed by atoms with Crippen LogP contribution in [-0.2, 0) is 9.53 Å². The minimum Gasteiger partial charge on any atom is -0.443 e. The van der Waals surface area contributed by atoms with Crippen molar-refractivity contribution in [1.82, 2.24) is 10.2 Å². The minimum absolute atomic E-state index is 0.491. The molecule has 1 saturated heterocycles. The monoisotopic (exact) mass is 228 g/mol. The van der Waals surface area contributed by atoms with Crippen LogP contribution in [0, 0.1) is 0 Å². The molecule has 0 aromatic rings. The Hall–Kier alpha value is -1.59. The predicted octanol–water partition coefficient (Wildman–Crippen LogP) is 1.25. The van der Waals surface area contributed by atoms with Crippen molar-refractivity contribution in [2.45, 2.75) is 45.8 Å². The highest BCUT2D eigenvalue weighted by Gasteiger charge is 2.49. The molecule has 0 aliphatic carbocycles. The van der Waals surface area contributed by atoms with Gasteiger partial charge in [-0.15, -0.1) is 0 Å². The fourth-order valence-corrected chi connectivity index (χ4v) is 1.22. The smallest absolute Gasteiger partial charge is 0.425 e. The van der Waals surface area contributed by atoms with Gasteiger partial charge >= 0.3 is 12.1 Å². The Morgan fingerprint density at radius 3 is 2.12 bits per heavy atom. The first kappa shape index (κ1) is 12.5. The molecule has 0 saturated carbocycles. The number of imide groups is 3. The molecule has 1 aliphatic rings. The normalized spacial score (nSPS) is 19.7. The van der Waals surface area contributed by atoms with Gasteiger partial charge in [0.25, 0.3) is 5.91 Å². The molecule has 0 unspecified atom stereocenters. The number of amides is 4. The third kappa shape index (κ3) is 2.32. The molecule has 1 N–H and O–H groups in total. The van der Waals surface area contributed by atoms with Crippen LogP contribution >= 0.6 is 0 Å². The molecule has 1 rings (SSSR count). The summed E-state index contributed by atoms with van der Waals surface area (Å²) < 4.78 is 4.96. The van der Waals surface area contributed by atoms with Crippen molar-refractivity contribution in [1.29, 1.82) is 0 Å². The Bertz CT molecular complexity index is 354. The van der Waals surface area contributed by atoms with Gasteiger partial charge in [-0.3, -0.25) is 4.79 Å². The SMILES string of the molecule is CC(C)(C)OC(=O)N1C(=O)NC(C)(C)C1=O. The maximum absolute atomic E-state index is 11.7. The molecule has 0 radical (unpaired) electrons. The van der Waals surface area contributed by atoms with Gasteiger partial charge in [0.2, 0.25) is 0 Å². The Morgan fingerprint density at radius 1 is 1.31 bits per heavy atom. The molecule has 16 heavy (non-hydrogen) atoms. The number of ether oxygens (including phenoxy) is 1. The van der Waals surface area contributed by atoms with Crippen LogP contribution in [0.2, 0.25) is 0 Å². The third-order valence-electron chi connectivity index (χ3n) is 1.94. The standard InChI is InChI=1S/C10H16N2O4/c1-9(2,3)16-8(15)12-6(13)10(4,5)11-7(12)14/h1-5H3,(H,11,14). The van der Waals surface area contributed by atoms with E-state index in [1.165, 1.54) is 13.8 Å². The van der Waals surface area contributed by atoms with E-state index in [4.69, 9.17) is 4.74 Å². The summed E-state index contributed by atoms with van der Waals surface area (Å²) >= 11 is 0. The molecule has 0 aromatic carbocycles. The molecule has 1 aliphatic heterocycles. The number of hydrogen-bond acceptors (Lipinski definition) is 4. The molecule has 6 heteroatoms. The molecule has 0 atom stereocenters. The fraction of sp³-hybridized carbons (Fsp3) is 0.700. The van der Waals surface area contributed by atoms with Crippen LogP contribution in [-0.4, -0.2) is 34.1 Å². The zero-order valence-electron chi connectivity index (χ0n) is 10.1. The second kappa shape index (κ2) is 3.47. The van der Waals surface area contributed by atoms with Crippen molar-refractivity contribution in [3.8, 4) is 0 Å². The molecule has 1 fully saturated rings. The van der Waals surface area contributed by atoms with E-state index in [0.29, 0.717) is 4.90 Å². The Labute approximate surface area is 93.9 Å². The summed E-state index contributed by atoms with van der Waals surface area (Å²) in [5.74, 6) is -0.605. The maximum atomic E-state index is 11.7. The van der Waals surface area contributed by atoms with E-state index in [1.54, 1.807) is 20.8 Å². The van der Waals surface area contributed by atoms with Gasteiger partial charge in [0, 0.05) is 0 Å². The average Bonchev–Trinajstić information content (AvgIpc) is 2.17. The maximum Gasteiger partial charge on any atom is 0.425 e. The number of nitrogens with one attached hydrogen (secondary N) is 1. The third-order valence-corrected chi connectivity index (χ3v) is 1.94. The average molecular weight is 228 g/mol. The van der Waals surface area contributed by atoms with Crippen LogP contribution in [0.3, 0.4) is 0 Å². The summed E-state index contributed by atoms with van der Waals surface area (Å²) in [6.45, 7) is 8.03. The van der Waals surface area contributed by atoms with E-state index in [0.717, 1.165) is 0 Å². The van der Waals surface area contributed by atoms with E-state index in [2.05, 4.69) is 5.32 Å². The van der Waals surface area contributed by atoms with Crippen molar-refractivity contribution in [2.75, 3.05) is 0 Å². The first-order valence-electron chi connectivity index (χ1n) is 4.94. The topological polar surface area (TPSA) is 75.7 Å². The highest BCUT2D eigenvalue weighted by molar-refractivity contribution is 6.16. The van der Waals surface area contributed by atoms with Gasteiger partial charge in [-0.2, -0.15) is 4.90 Å². The molecule has 1 heterocycles. The first-order chi connectivity index (χ1) is 7.04. The molecular weight excluding hydrogens is 212 g/mol. The van der Waals surface area contributed by atoms with Crippen molar-refractivity contribution >= 4 is 18.0 Å². The Morgan fingerprint density at radius 2 is 1.81 bits per heavy atom. The lowest BCUT2D eigenvalue weighted by molar-refractivity contribution is -0.129. The second-order valence-electron chi connectivity index (χ2n) is 5.18. The van der Waals surface area contributed by atoms with Gasteiger partial charge in [-0.1, -0.05) is 0 Å². The summed E-state index contributed by atoms with van der Waals surface area (Å²) in [6, 6.07) is -0.746. The summed E-state index contributed by atoms with van der Waals surface area (Å²) in [5.41, 5.74) is -1.81. The van der Waals surface area contributed by atoms with Crippen molar-refractivity contribution in [3.63, 3.8) is 0 Å². The second-order valence-corrected chi connectivity index (χ2v) is 5.18.